The number of nitrogens with zero attached hydrogens (tertiary/aromatic N) is 2. The van der Waals surface area contributed by atoms with Gasteiger partial charge in [-0.1, -0.05) is 187 Å². The third-order valence-electron chi connectivity index (χ3n) is 10.6. The van der Waals surface area contributed by atoms with Crippen molar-refractivity contribution in [3.05, 3.63) is 71.3 Å². The van der Waals surface area contributed by atoms with Crippen molar-refractivity contribution in [2.24, 2.45) is 9.98 Å². The van der Waals surface area contributed by atoms with Crippen LogP contribution in [0.1, 0.15) is 218 Å². The topological polar surface area (TPSA) is 24.7 Å². The molecule has 2 nitrogen and oxygen atoms in total. The Morgan fingerprint density at radius 3 is 1.57 bits per heavy atom. The van der Waals surface area contributed by atoms with Gasteiger partial charge in [0.25, 0.3) is 0 Å². The number of aliphatic imine (C=N–C) groups is 2. The standard InChI is InChI=1S/C50H82N2.Pd/c1-6-11-14-16-18-19-20-21-22-23-24-25-26-27-28-30-36-45-37-32-33-39-48(45)52-50(40-31-29-17-15-12-7-2)49(38-13-8-3)51-47-42-41-44(34-9-4)46(43-47)35-10-5;/h26-27,32-33,37,39,41-43H,6-25,28-31,34-36,38,40H2,1-5H3;. The van der Waals surface area contributed by atoms with E-state index in [9.17, 15) is 0 Å². The Morgan fingerprint density at radius 2 is 0.943 bits per heavy atom. The first-order chi connectivity index (χ1) is 25.7. The van der Waals surface area contributed by atoms with Crippen LogP contribution in [0.4, 0.5) is 11.4 Å². The summed E-state index contributed by atoms with van der Waals surface area (Å²) in [5.74, 6) is 0. The number of hydrogen-bond donors (Lipinski definition) is 0. The molecule has 2 aromatic rings. The second-order valence-corrected chi connectivity index (χ2v) is 15.5. The van der Waals surface area contributed by atoms with Crippen molar-refractivity contribution < 1.29 is 20.4 Å². The third kappa shape index (κ3) is 23.7. The normalized spacial score (nSPS) is 12.2. The second-order valence-electron chi connectivity index (χ2n) is 15.5. The van der Waals surface area contributed by atoms with Crippen molar-refractivity contribution in [3.63, 3.8) is 0 Å². The van der Waals surface area contributed by atoms with Crippen LogP contribution in [-0.4, -0.2) is 11.4 Å². The molecule has 2 rings (SSSR count). The molecule has 0 aliphatic carbocycles. The van der Waals surface area contributed by atoms with E-state index in [0.29, 0.717) is 0 Å². The molecule has 0 atom stereocenters. The van der Waals surface area contributed by atoms with E-state index in [4.69, 9.17) is 9.98 Å². The molecule has 0 heterocycles. The zero-order chi connectivity index (χ0) is 37.3. The van der Waals surface area contributed by atoms with Crippen LogP contribution in [0.5, 0.6) is 0 Å². The molecule has 0 aromatic heterocycles. The third-order valence-corrected chi connectivity index (χ3v) is 10.6. The van der Waals surface area contributed by atoms with Crippen molar-refractivity contribution in [2.45, 2.75) is 221 Å². The largest absolute Gasteiger partial charge is 0.252 e. The van der Waals surface area contributed by atoms with E-state index in [1.807, 2.05) is 0 Å². The summed E-state index contributed by atoms with van der Waals surface area (Å²) in [5, 5.41) is 0. The van der Waals surface area contributed by atoms with Gasteiger partial charge < -0.3 is 0 Å². The van der Waals surface area contributed by atoms with E-state index in [-0.39, 0.29) is 20.4 Å². The van der Waals surface area contributed by atoms with E-state index >= 15 is 0 Å². The van der Waals surface area contributed by atoms with Gasteiger partial charge in [-0.05, 0) is 106 Å². The van der Waals surface area contributed by atoms with E-state index in [2.05, 4.69) is 89.2 Å². The van der Waals surface area contributed by atoms with E-state index in [1.165, 1.54) is 169 Å². The molecule has 0 saturated carbocycles. The zero-order valence-electron chi connectivity index (χ0n) is 35.4. The molecule has 3 heteroatoms. The van der Waals surface area contributed by atoms with Crippen LogP contribution in [0.3, 0.4) is 0 Å². The van der Waals surface area contributed by atoms with Gasteiger partial charge >= 0.3 is 0 Å². The number of hydrogen-bond acceptors (Lipinski definition) is 2. The van der Waals surface area contributed by atoms with Gasteiger partial charge in [-0.2, -0.15) is 0 Å². The van der Waals surface area contributed by atoms with E-state index in [0.717, 1.165) is 56.3 Å². The fourth-order valence-corrected chi connectivity index (χ4v) is 7.35. The second kappa shape index (κ2) is 34.7. The Balaban J connectivity index is 0.0000140. The molecule has 53 heavy (non-hydrogen) atoms. The summed E-state index contributed by atoms with van der Waals surface area (Å²) in [7, 11) is 0. The molecule has 2 aromatic carbocycles. The average Bonchev–Trinajstić information content (AvgIpc) is 3.15. The molecule has 0 bridgehead atoms. The SMILES string of the molecule is CCCCCCCCCCCCCC=CCCCc1ccccc1N=C(CCCCCCCC)C(CCCC)=Nc1ccc(CCC)c(CCC)c1.[Pd]. The Hall–Kier alpha value is -1.82. The van der Waals surface area contributed by atoms with E-state index < -0.39 is 0 Å². The van der Waals surface area contributed by atoms with Crippen LogP contribution in [0, 0.1) is 0 Å². The van der Waals surface area contributed by atoms with Crippen LogP contribution >= 0.6 is 0 Å². The van der Waals surface area contributed by atoms with Crippen molar-refractivity contribution in [2.75, 3.05) is 0 Å². The average molecular weight is 818 g/mol. The number of benzene rings is 2. The quantitative estimate of drug-likeness (QED) is 0.0297. The van der Waals surface area contributed by atoms with Crippen LogP contribution in [0.25, 0.3) is 0 Å². The Kier molecular flexibility index (Phi) is 32.2. The van der Waals surface area contributed by atoms with Crippen molar-refractivity contribution in [1.82, 2.24) is 0 Å². The monoisotopic (exact) mass is 817 g/mol. The summed E-state index contributed by atoms with van der Waals surface area (Å²) in [5.41, 5.74) is 9.05. The van der Waals surface area contributed by atoms with Gasteiger partial charge in [0.15, 0.2) is 0 Å². The first-order valence-electron chi connectivity index (χ1n) is 22.7. The fraction of sp³-hybridized carbons (Fsp3) is 0.680. The molecule has 0 aliphatic heterocycles. The predicted molar refractivity (Wildman–Crippen MR) is 236 cm³/mol. The number of unbranched alkanes of at least 4 members (excludes halogenated alkanes) is 18. The number of para-hydroxylation sites is 1. The van der Waals surface area contributed by atoms with Crippen LogP contribution in [0.15, 0.2) is 64.6 Å². The summed E-state index contributed by atoms with van der Waals surface area (Å²) in [4.78, 5) is 10.9. The molecule has 0 unspecified atom stereocenters. The van der Waals surface area contributed by atoms with E-state index in [1.54, 1.807) is 0 Å². The Labute approximate surface area is 343 Å². The van der Waals surface area contributed by atoms with Crippen molar-refractivity contribution in [1.29, 1.82) is 0 Å². The molecule has 0 fully saturated rings. The minimum Gasteiger partial charge on any atom is -0.252 e. The fourth-order valence-electron chi connectivity index (χ4n) is 7.35. The molecule has 0 saturated heterocycles. The molecule has 0 spiro atoms. The van der Waals surface area contributed by atoms with Gasteiger partial charge in [-0.15, -0.1) is 0 Å². The number of rotatable bonds is 33. The predicted octanol–water partition coefficient (Wildman–Crippen LogP) is 17.0. The summed E-state index contributed by atoms with van der Waals surface area (Å²) in [6, 6.07) is 15.9. The van der Waals surface area contributed by atoms with Gasteiger partial charge in [-0.3, -0.25) is 9.98 Å². The maximum absolute atomic E-state index is 5.51. The molecule has 0 N–H and O–H groups in total. The van der Waals surface area contributed by atoms with Crippen LogP contribution in [-0.2, 0) is 39.7 Å². The summed E-state index contributed by atoms with van der Waals surface area (Å²) in [6.07, 6.45) is 41.8. The molecular weight excluding hydrogens is 735 g/mol. The van der Waals surface area contributed by atoms with Gasteiger partial charge in [0.2, 0.25) is 0 Å². The number of aryl methyl sites for hydroxylation is 3. The maximum atomic E-state index is 5.51. The zero-order valence-corrected chi connectivity index (χ0v) is 37.0. The molecule has 302 valence electrons. The first-order valence-corrected chi connectivity index (χ1v) is 22.7. The summed E-state index contributed by atoms with van der Waals surface area (Å²) < 4.78 is 0. The number of allylic oxidation sites excluding steroid dienone is 2. The maximum Gasteiger partial charge on any atom is 0.0665 e. The van der Waals surface area contributed by atoms with Crippen molar-refractivity contribution >= 4 is 22.8 Å². The summed E-state index contributed by atoms with van der Waals surface area (Å²) in [6.45, 7) is 11.5. The molecule has 0 amide bonds. The Bertz CT molecular complexity index is 1240. The van der Waals surface area contributed by atoms with Gasteiger partial charge in [-0.25, -0.2) is 0 Å². The minimum absolute atomic E-state index is 0. The summed E-state index contributed by atoms with van der Waals surface area (Å²) >= 11 is 0. The molecule has 0 aliphatic rings. The Morgan fingerprint density at radius 1 is 0.434 bits per heavy atom. The van der Waals surface area contributed by atoms with Crippen LogP contribution in [0.2, 0.25) is 0 Å². The molecule has 0 radical (unpaired) electrons. The minimum atomic E-state index is 0. The van der Waals surface area contributed by atoms with Gasteiger partial charge in [0.05, 0.1) is 22.8 Å². The smallest absolute Gasteiger partial charge is 0.0665 e. The van der Waals surface area contributed by atoms with Crippen molar-refractivity contribution in [3.8, 4) is 0 Å². The van der Waals surface area contributed by atoms with Gasteiger partial charge in [0, 0.05) is 20.4 Å². The molecular formula is C50H82N2Pd. The first kappa shape index (κ1) is 49.2. The van der Waals surface area contributed by atoms with Gasteiger partial charge in [0.1, 0.15) is 0 Å². The van der Waals surface area contributed by atoms with Crippen LogP contribution < -0.4 is 0 Å².